The van der Waals surface area contributed by atoms with E-state index in [0.29, 0.717) is 11.5 Å². The van der Waals surface area contributed by atoms with Crippen LogP contribution in [0.2, 0.25) is 0 Å². The fourth-order valence-corrected chi connectivity index (χ4v) is 3.44. The van der Waals surface area contributed by atoms with E-state index in [1.165, 1.54) is 12.1 Å². The summed E-state index contributed by atoms with van der Waals surface area (Å²) in [6.45, 7) is 2.89. The van der Waals surface area contributed by atoms with Gasteiger partial charge >= 0.3 is 51.4 Å². The molecule has 1 aromatic heterocycles. The minimum atomic E-state index is -3.98. The molecule has 0 radical (unpaired) electrons. The first-order valence-corrected chi connectivity index (χ1v) is 8.93. The summed E-state index contributed by atoms with van der Waals surface area (Å²) in [5, 5.41) is 4.12. The summed E-state index contributed by atoms with van der Waals surface area (Å²) < 4.78 is 32.4. The van der Waals surface area contributed by atoms with Gasteiger partial charge in [-0.15, -0.1) is 0 Å². The van der Waals surface area contributed by atoms with E-state index in [4.69, 9.17) is 4.52 Å². The largest absolute Gasteiger partial charge is 1.00 e. The van der Waals surface area contributed by atoms with Crippen LogP contribution in [0.1, 0.15) is 12.7 Å². The maximum atomic E-state index is 12.0. The van der Waals surface area contributed by atoms with E-state index in [1.807, 2.05) is 30.3 Å². The zero-order valence-corrected chi connectivity index (χ0v) is 18.6. The van der Waals surface area contributed by atoms with Gasteiger partial charge in [-0.3, -0.25) is 0 Å². The predicted octanol–water partition coefficient (Wildman–Crippen LogP) is 0.930. The zero-order valence-electron chi connectivity index (χ0n) is 14.6. The molecule has 26 heavy (non-hydrogen) atoms. The molecule has 0 atom stereocenters. The van der Waals surface area contributed by atoms with E-state index in [-0.39, 0.29) is 56.3 Å². The van der Waals surface area contributed by atoms with Crippen molar-refractivity contribution < 1.29 is 69.1 Å². The van der Waals surface area contributed by atoms with Crippen molar-refractivity contribution in [2.75, 3.05) is 0 Å². The molecule has 0 aliphatic heterocycles. The number of aromatic nitrogens is 1. The first-order valence-electron chi connectivity index (χ1n) is 7.49. The predicted molar refractivity (Wildman–Crippen MR) is 93.3 cm³/mol. The first-order chi connectivity index (χ1) is 11.9. The van der Waals surface area contributed by atoms with Gasteiger partial charge in [0.1, 0.15) is 21.5 Å². The minimum absolute atomic E-state index is 0. The average molecular weight is 394 g/mol. The van der Waals surface area contributed by atoms with Crippen LogP contribution in [0.25, 0.3) is 27.1 Å². The Morgan fingerprint density at radius 2 is 1.62 bits per heavy atom. The van der Waals surface area contributed by atoms with Crippen LogP contribution in [0, 0.1) is 6.92 Å². The third-order valence-corrected chi connectivity index (χ3v) is 4.96. The molecule has 3 aromatic rings. The summed E-state index contributed by atoms with van der Waals surface area (Å²) in [5.41, 5.74) is 3.14. The van der Waals surface area contributed by atoms with E-state index in [9.17, 15) is 13.2 Å². The van der Waals surface area contributed by atoms with Gasteiger partial charge in [0.05, 0.1) is 16.4 Å². The van der Waals surface area contributed by atoms with Gasteiger partial charge in [0.15, 0.2) is 0 Å². The first kappa shape index (κ1) is 21.0. The number of aryl methyl sites for hydroxylation is 1. The standard InChI is InChI=1S/C18H16N2O4S.K/c1-12-17(18(19-24-12)15-6-4-3-5-7-15)14-8-10-16(11-9-14)25(22,23)20-13(2)21;/h3-11H,1-2H3,(H,20,21);/q;+1/p-1. The number of nitrogens with zero attached hydrogens (tertiary/aromatic N) is 2. The van der Waals surface area contributed by atoms with Gasteiger partial charge in [-0.25, -0.2) is 8.42 Å². The Kier molecular flexibility index (Phi) is 6.95. The number of carbonyl (C=O) groups excluding carboxylic acids is 1. The van der Waals surface area contributed by atoms with Gasteiger partial charge in [-0.05, 0) is 31.5 Å². The molecule has 1 heterocycles. The third-order valence-electron chi connectivity index (χ3n) is 3.60. The van der Waals surface area contributed by atoms with Crippen LogP contribution in [0.15, 0.2) is 64.0 Å². The zero-order chi connectivity index (χ0) is 18.0. The molecular weight excluding hydrogens is 379 g/mol. The van der Waals surface area contributed by atoms with Gasteiger partial charge in [-0.2, -0.15) is 0 Å². The fraction of sp³-hybridized carbons (Fsp3) is 0.111. The van der Waals surface area contributed by atoms with Crippen molar-refractivity contribution >= 4 is 15.9 Å². The topological polar surface area (TPSA) is 91.3 Å². The molecule has 6 nitrogen and oxygen atoms in total. The summed E-state index contributed by atoms with van der Waals surface area (Å²) in [4.78, 5) is 10.9. The normalized spacial score (nSPS) is 10.8. The van der Waals surface area contributed by atoms with Crippen LogP contribution in [-0.4, -0.2) is 19.5 Å². The number of hydrogen-bond acceptors (Lipinski definition) is 5. The molecule has 0 fully saturated rings. The molecule has 0 bridgehead atoms. The number of hydrogen-bond donors (Lipinski definition) is 0. The maximum absolute atomic E-state index is 12.0. The molecule has 0 unspecified atom stereocenters. The van der Waals surface area contributed by atoms with Crippen molar-refractivity contribution in [1.82, 2.24) is 5.16 Å². The van der Waals surface area contributed by atoms with E-state index in [0.717, 1.165) is 23.6 Å². The van der Waals surface area contributed by atoms with Crippen molar-refractivity contribution in [1.29, 1.82) is 0 Å². The molecule has 8 heteroatoms. The Hall–Kier alpha value is -1.29. The minimum Gasteiger partial charge on any atom is -0.542 e. The monoisotopic (exact) mass is 394 g/mol. The fourth-order valence-electron chi connectivity index (χ4n) is 2.52. The Balaban J connectivity index is 0.00000243. The molecule has 0 N–H and O–H groups in total. The Morgan fingerprint density at radius 1 is 1.00 bits per heavy atom. The van der Waals surface area contributed by atoms with Crippen molar-refractivity contribution in [2.45, 2.75) is 18.7 Å². The number of amides is 1. The molecular formula is C18H15KN2O4S. The Bertz CT molecular complexity index is 1010. The maximum Gasteiger partial charge on any atom is 1.00 e. The quantitative estimate of drug-likeness (QED) is 0.614. The molecule has 3 rings (SSSR count). The van der Waals surface area contributed by atoms with E-state index >= 15 is 0 Å². The molecule has 2 aromatic carbocycles. The third kappa shape index (κ3) is 4.51. The molecule has 0 saturated carbocycles. The SMILES string of the molecule is CC(=O)[N-]S(=O)(=O)c1ccc(-c2c(-c3ccccc3)noc2C)cc1.[K+]. The smallest absolute Gasteiger partial charge is 0.542 e. The number of rotatable bonds is 4. The second kappa shape index (κ2) is 8.60. The molecule has 0 spiro atoms. The van der Waals surface area contributed by atoms with Crippen LogP contribution in [-0.2, 0) is 14.8 Å². The Morgan fingerprint density at radius 3 is 2.19 bits per heavy atom. The van der Waals surface area contributed by atoms with Crippen LogP contribution in [0.4, 0.5) is 0 Å². The van der Waals surface area contributed by atoms with Crippen LogP contribution < -0.4 is 51.4 Å². The second-order valence-corrected chi connectivity index (χ2v) is 7.04. The summed E-state index contributed by atoms with van der Waals surface area (Å²) in [5.74, 6) is -0.131. The summed E-state index contributed by atoms with van der Waals surface area (Å²) in [6.07, 6.45) is 0. The second-order valence-electron chi connectivity index (χ2n) is 5.44. The van der Waals surface area contributed by atoms with Gasteiger partial charge in [0, 0.05) is 5.56 Å². The molecule has 128 valence electrons. The van der Waals surface area contributed by atoms with E-state index < -0.39 is 15.9 Å². The molecule has 1 amide bonds. The summed E-state index contributed by atoms with van der Waals surface area (Å²) in [7, 11) is -3.98. The van der Waals surface area contributed by atoms with Gasteiger partial charge in [0.2, 0.25) is 0 Å². The van der Waals surface area contributed by atoms with E-state index in [1.54, 1.807) is 19.1 Å². The summed E-state index contributed by atoms with van der Waals surface area (Å²) >= 11 is 0. The summed E-state index contributed by atoms with van der Waals surface area (Å²) in [6, 6.07) is 15.7. The number of benzene rings is 2. The molecule has 0 saturated heterocycles. The molecule has 0 aliphatic carbocycles. The average Bonchev–Trinajstić information content (AvgIpc) is 2.96. The van der Waals surface area contributed by atoms with Gasteiger partial charge in [0.25, 0.3) is 0 Å². The number of sulfonamides is 1. The van der Waals surface area contributed by atoms with E-state index in [2.05, 4.69) is 9.88 Å². The number of carbonyl (C=O) groups is 1. The van der Waals surface area contributed by atoms with Gasteiger partial charge in [-0.1, -0.05) is 47.6 Å². The van der Waals surface area contributed by atoms with Crippen LogP contribution in [0.3, 0.4) is 0 Å². The van der Waals surface area contributed by atoms with Crippen molar-refractivity contribution in [2.24, 2.45) is 0 Å². The van der Waals surface area contributed by atoms with Crippen molar-refractivity contribution in [3.8, 4) is 22.4 Å². The van der Waals surface area contributed by atoms with Crippen molar-refractivity contribution in [3.63, 3.8) is 0 Å². The molecule has 0 aliphatic rings. The van der Waals surface area contributed by atoms with Crippen molar-refractivity contribution in [3.05, 3.63) is 65.1 Å². The van der Waals surface area contributed by atoms with Gasteiger partial charge < -0.3 is 14.0 Å². The Labute approximate surface area is 194 Å². The van der Waals surface area contributed by atoms with Crippen LogP contribution in [0.5, 0.6) is 0 Å². The van der Waals surface area contributed by atoms with Crippen LogP contribution >= 0.6 is 0 Å².